The van der Waals surface area contributed by atoms with E-state index in [1.165, 1.54) is 4.90 Å². The first-order chi connectivity index (χ1) is 6.40. The maximum absolute atomic E-state index is 10.5. The lowest BCUT2D eigenvalue weighted by molar-refractivity contribution is 0.605. The van der Waals surface area contributed by atoms with Crippen LogP contribution >= 0.6 is 10.9 Å². The van der Waals surface area contributed by atoms with Crippen LogP contribution in [0.4, 0.5) is 0 Å². The summed E-state index contributed by atoms with van der Waals surface area (Å²) in [6.07, 6.45) is 4.14. The van der Waals surface area contributed by atoms with Crippen LogP contribution in [0.3, 0.4) is 0 Å². The Morgan fingerprint density at radius 1 is 1.00 bits per heavy atom. The summed E-state index contributed by atoms with van der Waals surface area (Å²) in [6.45, 7) is 0. The molecule has 0 fully saturated rings. The number of allylic oxidation sites excluding steroid dienone is 2. The monoisotopic (exact) mass is 209 g/mol. The van der Waals surface area contributed by atoms with Crippen LogP contribution in [0, 0.1) is 0 Å². The first-order valence-corrected chi connectivity index (χ1v) is 6.15. The van der Waals surface area contributed by atoms with E-state index in [9.17, 15) is 4.21 Å². The highest BCUT2D eigenvalue weighted by Gasteiger charge is 2.07. The maximum atomic E-state index is 10.5. The predicted octanol–water partition coefficient (Wildman–Crippen LogP) is 2.87. The molecule has 3 heteroatoms. The molecule has 0 saturated carbocycles. The fourth-order valence-electron chi connectivity index (χ4n) is 1.18. The van der Waals surface area contributed by atoms with Crippen LogP contribution in [-0.2, 0) is 15.9 Å². The van der Waals surface area contributed by atoms with Crippen molar-refractivity contribution in [1.29, 1.82) is 0 Å². The van der Waals surface area contributed by atoms with E-state index in [1.54, 1.807) is 0 Å². The zero-order valence-corrected chi connectivity index (χ0v) is 8.59. The van der Waals surface area contributed by atoms with Crippen molar-refractivity contribution in [3.8, 4) is 0 Å². The Kier molecular flexibility index (Phi) is 2.57. The van der Waals surface area contributed by atoms with Crippen molar-refractivity contribution in [2.24, 2.45) is 0 Å². The van der Waals surface area contributed by atoms with Crippen molar-refractivity contribution >= 4 is 22.6 Å². The molecule has 1 aliphatic rings. The lowest BCUT2D eigenvalue weighted by Crippen LogP contribution is -1.76. The summed E-state index contributed by atoms with van der Waals surface area (Å²) < 4.78 is 10.5. The van der Waals surface area contributed by atoms with E-state index >= 15 is 0 Å². The highest BCUT2D eigenvalue weighted by Crippen LogP contribution is 2.41. The Labute approximate surface area is 84.0 Å². The average Bonchev–Trinajstić information content (AvgIpc) is 2.71. The Morgan fingerprint density at radius 3 is 2.15 bits per heavy atom. The van der Waals surface area contributed by atoms with E-state index in [0.717, 1.165) is 4.90 Å². The third-order valence-electron chi connectivity index (χ3n) is 1.84. The SMILES string of the molecule is O=[S+]c1ccc([SH]2C=CC=C2)cc1. The summed E-state index contributed by atoms with van der Waals surface area (Å²) in [6, 6.07) is 7.84. The normalized spacial score (nSPS) is 16.5. The molecule has 66 valence electrons. The van der Waals surface area contributed by atoms with Gasteiger partial charge in [0.05, 0.1) is 0 Å². The van der Waals surface area contributed by atoms with Gasteiger partial charge in [0.15, 0.2) is 0 Å². The lowest BCUT2D eigenvalue weighted by atomic mass is 10.4. The van der Waals surface area contributed by atoms with Crippen molar-refractivity contribution < 1.29 is 4.21 Å². The highest BCUT2D eigenvalue weighted by atomic mass is 32.2. The summed E-state index contributed by atoms with van der Waals surface area (Å²) in [5.74, 6) is 0. The topological polar surface area (TPSA) is 17.1 Å². The standard InChI is InChI=1S/C10H9OS2/c11-12-9-3-5-10(6-4-9)13-7-1-2-8-13/h1-8,13H/q+1. The second kappa shape index (κ2) is 3.85. The van der Waals surface area contributed by atoms with Gasteiger partial charge in [0.1, 0.15) is 0 Å². The number of benzene rings is 1. The van der Waals surface area contributed by atoms with Gasteiger partial charge in [0.2, 0.25) is 0 Å². The summed E-state index contributed by atoms with van der Waals surface area (Å²) in [5.41, 5.74) is 0. The summed E-state index contributed by atoms with van der Waals surface area (Å²) >= 11 is 0.541. The number of rotatable bonds is 2. The molecule has 0 spiro atoms. The molecule has 0 amide bonds. The molecule has 0 saturated heterocycles. The molecule has 0 N–H and O–H groups in total. The van der Waals surface area contributed by atoms with Gasteiger partial charge >= 0.3 is 11.7 Å². The molecule has 0 aromatic heterocycles. The van der Waals surface area contributed by atoms with Gasteiger partial charge in [-0.25, -0.2) is 0 Å². The summed E-state index contributed by atoms with van der Waals surface area (Å²) in [7, 11) is -0.230. The van der Waals surface area contributed by atoms with Crippen molar-refractivity contribution in [1.82, 2.24) is 0 Å². The van der Waals surface area contributed by atoms with Gasteiger partial charge < -0.3 is 0 Å². The van der Waals surface area contributed by atoms with Crippen LogP contribution in [0.5, 0.6) is 0 Å². The second-order valence-corrected chi connectivity index (χ2v) is 5.23. The Hall–Kier alpha value is -0.930. The van der Waals surface area contributed by atoms with E-state index < -0.39 is 0 Å². The molecule has 13 heavy (non-hydrogen) atoms. The molecule has 0 atom stereocenters. The number of hydrogen-bond acceptors (Lipinski definition) is 1. The summed E-state index contributed by atoms with van der Waals surface area (Å²) in [4.78, 5) is 2.09. The maximum Gasteiger partial charge on any atom is 0.505 e. The van der Waals surface area contributed by atoms with E-state index in [0.29, 0.717) is 11.7 Å². The van der Waals surface area contributed by atoms with Crippen molar-refractivity contribution in [2.75, 3.05) is 0 Å². The van der Waals surface area contributed by atoms with Crippen LogP contribution in [0.25, 0.3) is 0 Å². The van der Waals surface area contributed by atoms with Crippen molar-refractivity contribution in [3.05, 3.63) is 47.2 Å². The van der Waals surface area contributed by atoms with Gasteiger partial charge in [-0.15, -0.1) is 0 Å². The van der Waals surface area contributed by atoms with E-state index in [-0.39, 0.29) is 10.9 Å². The van der Waals surface area contributed by atoms with Gasteiger partial charge in [-0.2, -0.15) is 10.9 Å². The minimum atomic E-state index is -0.230. The zero-order valence-electron chi connectivity index (χ0n) is 6.88. The van der Waals surface area contributed by atoms with Crippen molar-refractivity contribution in [3.63, 3.8) is 0 Å². The molecular formula is C10H9OS2+. The smallest absolute Gasteiger partial charge is 0.186 e. The first kappa shape index (κ1) is 8.66. The molecular weight excluding hydrogens is 200 g/mol. The third-order valence-corrected chi connectivity index (χ3v) is 4.18. The number of hydrogen-bond donors (Lipinski definition) is 1. The molecule has 1 nitrogen and oxygen atoms in total. The van der Waals surface area contributed by atoms with Crippen molar-refractivity contribution in [2.45, 2.75) is 9.79 Å². The molecule has 0 bridgehead atoms. The van der Waals surface area contributed by atoms with Crippen LogP contribution in [0.2, 0.25) is 0 Å². The van der Waals surface area contributed by atoms with Gasteiger partial charge in [0, 0.05) is 16.3 Å². The molecule has 1 heterocycles. The van der Waals surface area contributed by atoms with Gasteiger partial charge in [-0.1, -0.05) is 12.2 Å². The third kappa shape index (κ3) is 1.87. The largest absolute Gasteiger partial charge is 0.505 e. The highest BCUT2D eigenvalue weighted by molar-refractivity contribution is 8.22. The van der Waals surface area contributed by atoms with E-state index in [4.69, 9.17) is 0 Å². The molecule has 1 aromatic rings. The minimum absolute atomic E-state index is 0.230. The molecule has 1 aromatic carbocycles. The summed E-state index contributed by atoms with van der Waals surface area (Å²) in [5, 5.41) is 4.41. The van der Waals surface area contributed by atoms with Crippen LogP contribution in [0.15, 0.2) is 57.0 Å². The van der Waals surface area contributed by atoms with Crippen LogP contribution in [-0.4, -0.2) is 0 Å². The Balaban J connectivity index is 2.27. The molecule has 2 rings (SSSR count). The second-order valence-electron chi connectivity index (χ2n) is 2.67. The van der Waals surface area contributed by atoms with Crippen LogP contribution < -0.4 is 0 Å². The van der Waals surface area contributed by atoms with Gasteiger partial charge in [0.25, 0.3) is 4.90 Å². The fraction of sp³-hybridized carbons (Fsp3) is 0. The molecule has 0 aliphatic carbocycles. The first-order valence-electron chi connectivity index (χ1n) is 3.93. The zero-order chi connectivity index (χ0) is 9.10. The Bertz CT molecular complexity index is 353. The number of thiol groups is 1. The van der Waals surface area contributed by atoms with E-state index in [2.05, 4.69) is 23.0 Å². The predicted molar refractivity (Wildman–Crippen MR) is 58.3 cm³/mol. The van der Waals surface area contributed by atoms with Crippen LogP contribution in [0.1, 0.15) is 0 Å². The minimum Gasteiger partial charge on any atom is -0.186 e. The molecule has 1 aliphatic heterocycles. The fourth-order valence-corrected chi connectivity index (χ4v) is 2.93. The van der Waals surface area contributed by atoms with E-state index in [1.807, 2.05) is 24.3 Å². The average molecular weight is 209 g/mol. The Morgan fingerprint density at radius 2 is 1.62 bits per heavy atom. The molecule has 0 radical (unpaired) electrons. The quantitative estimate of drug-likeness (QED) is 0.585. The van der Waals surface area contributed by atoms with Gasteiger partial charge in [-0.05, 0) is 27.8 Å². The lowest BCUT2D eigenvalue weighted by Gasteiger charge is -2.08. The molecule has 0 unspecified atom stereocenters. The van der Waals surface area contributed by atoms with Gasteiger partial charge in [-0.3, -0.25) is 0 Å².